The van der Waals surface area contributed by atoms with Gasteiger partial charge in [-0.2, -0.15) is 0 Å². The van der Waals surface area contributed by atoms with Crippen LogP contribution in [0.2, 0.25) is 5.02 Å². The summed E-state index contributed by atoms with van der Waals surface area (Å²) in [4.78, 5) is 29.3. The van der Waals surface area contributed by atoms with E-state index in [1.54, 1.807) is 30.3 Å². The van der Waals surface area contributed by atoms with Gasteiger partial charge < -0.3 is 10.2 Å². The van der Waals surface area contributed by atoms with Gasteiger partial charge in [-0.1, -0.05) is 87.0 Å². The SMILES string of the molecule is CC[C@@H](C)NC(=O)[C@@H](Cc1ccccc1)N(Cc1cccc(Cl)c1)C(=O)CN(c1ccc(C(C)C)cc1)S(C)(=O)=O. The molecule has 0 fully saturated rings. The van der Waals surface area contributed by atoms with Crippen LogP contribution in [-0.2, 0) is 32.6 Å². The van der Waals surface area contributed by atoms with Crippen molar-refractivity contribution >= 4 is 39.1 Å². The van der Waals surface area contributed by atoms with E-state index < -0.39 is 28.5 Å². The first-order chi connectivity index (χ1) is 19.4. The van der Waals surface area contributed by atoms with E-state index in [0.29, 0.717) is 10.7 Å². The van der Waals surface area contributed by atoms with Crippen LogP contribution in [0.15, 0.2) is 78.9 Å². The zero-order chi connectivity index (χ0) is 30.2. The smallest absolute Gasteiger partial charge is 0.244 e. The number of carbonyl (C=O) groups excluding carboxylic acids is 2. The highest BCUT2D eigenvalue weighted by molar-refractivity contribution is 7.92. The normalized spacial score (nSPS) is 13.0. The maximum Gasteiger partial charge on any atom is 0.244 e. The van der Waals surface area contributed by atoms with E-state index in [0.717, 1.165) is 33.7 Å². The van der Waals surface area contributed by atoms with Gasteiger partial charge in [0.1, 0.15) is 12.6 Å². The number of carbonyl (C=O) groups is 2. The Bertz CT molecular complexity index is 1410. The number of hydrogen-bond donors (Lipinski definition) is 1. The van der Waals surface area contributed by atoms with Gasteiger partial charge in [0, 0.05) is 24.0 Å². The Morgan fingerprint density at radius 2 is 1.54 bits per heavy atom. The lowest BCUT2D eigenvalue weighted by atomic mass is 10.0. The zero-order valence-electron chi connectivity index (χ0n) is 24.4. The molecule has 0 spiro atoms. The average Bonchev–Trinajstić information content (AvgIpc) is 2.93. The highest BCUT2D eigenvalue weighted by Crippen LogP contribution is 2.24. The van der Waals surface area contributed by atoms with Crippen molar-refractivity contribution < 1.29 is 18.0 Å². The predicted molar refractivity (Wildman–Crippen MR) is 167 cm³/mol. The number of rotatable bonds is 13. The van der Waals surface area contributed by atoms with Gasteiger partial charge in [0.2, 0.25) is 21.8 Å². The molecular weight excluding hydrogens is 558 g/mol. The lowest BCUT2D eigenvalue weighted by Crippen LogP contribution is -2.54. The van der Waals surface area contributed by atoms with Crippen molar-refractivity contribution in [3.05, 3.63) is 101 Å². The molecule has 41 heavy (non-hydrogen) atoms. The molecule has 0 aliphatic rings. The third-order valence-corrected chi connectivity index (χ3v) is 8.42. The summed E-state index contributed by atoms with van der Waals surface area (Å²) >= 11 is 6.26. The summed E-state index contributed by atoms with van der Waals surface area (Å²) in [5.41, 5.74) is 3.05. The fourth-order valence-corrected chi connectivity index (χ4v) is 5.53. The molecule has 0 heterocycles. The van der Waals surface area contributed by atoms with Crippen molar-refractivity contribution in [2.75, 3.05) is 17.1 Å². The van der Waals surface area contributed by atoms with E-state index in [1.807, 2.05) is 62.4 Å². The van der Waals surface area contributed by atoms with Crippen molar-refractivity contribution in [2.24, 2.45) is 0 Å². The summed E-state index contributed by atoms with van der Waals surface area (Å²) in [7, 11) is -3.82. The average molecular weight is 598 g/mol. The summed E-state index contributed by atoms with van der Waals surface area (Å²) in [6, 6.07) is 22.7. The molecule has 3 aromatic carbocycles. The van der Waals surface area contributed by atoms with Crippen LogP contribution in [0.4, 0.5) is 5.69 Å². The first-order valence-corrected chi connectivity index (χ1v) is 16.1. The van der Waals surface area contributed by atoms with Crippen molar-refractivity contribution in [1.29, 1.82) is 0 Å². The highest BCUT2D eigenvalue weighted by Gasteiger charge is 2.33. The van der Waals surface area contributed by atoms with E-state index in [1.165, 1.54) is 4.90 Å². The number of amides is 2. The van der Waals surface area contributed by atoms with Crippen LogP contribution in [-0.4, -0.2) is 50.0 Å². The topological polar surface area (TPSA) is 86.8 Å². The molecule has 0 unspecified atom stereocenters. The number of halogens is 1. The molecule has 1 N–H and O–H groups in total. The predicted octanol–water partition coefficient (Wildman–Crippen LogP) is 5.78. The van der Waals surface area contributed by atoms with Crippen LogP contribution in [0.1, 0.15) is 56.7 Å². The number of nitrogens with one attached hydrogen (secondary N) is 1. The van der Waals surface area contributed by atoms with Gasteiger partial charge in [0.25, 0.3) is 0 Å². The molecule has 2 atom stereocenters. The molecule has 0 aliphatic carbocycles. The molecule has 9 heteroatoms. The number of hydrogen-bond acceptors (Lipinski definition) is 4. The summed E-state index contributed by atoms with van der Waals surface area (Å²) in [6.07, 6.45) is 2.06. The second kappa shape index (κ2) is 14.5. The van der Waals surface area contributed by atoms with E-state index in [4.69, 9.17) is 11.6 Å². The monoisotopic (exact) mass is 597 g/mol. The Kier molecular flexibility index (Phi) is 11.4. The first kappa shape index (κ1) is 32.2. The third kappa shape index (κ3) is 9.33. The van der Waals surface area contributed by atoms with Gasteiger partial charge in [-0.25, -0.2) is 8.42 Å². The largest absolute Gasteiger partial charge is 0.352 e. The Morgan fingerprint density at radius 3 is 2.10 bits per heavy atom. The molecule has 3 rings (SSSR count). The van der Waals surface area contributed by atoms with Gasteiger partial charge in [0.05, 0.1) is 11.9 Å². The molecule has 0 radical (unpaired) electrons. The summed E-state index contributed by atoms with van der Waals surface area (Å²) < 4.78 is 27.0. The fourth-order valence-electron chi connectivity index (χ4n) is 4.47. The van der Waals surface area contributed by atoms with Gasteiger partial charge in [-0.15, -0.1) is 0 Å². The minimum absolute atomic E-state index is 0.0781. The Morgan fingerprint density at radius 1 is 0.902 bits per heavy atom. The second-order valence-electron chi connectivity index (χ2n) is 10.7. The van der Waals surface area contributed by atoms with Gasteiger partial charge in [0.15, 0.2) is 0 Å². The molecule has 2 amide bonds. The fraction of sp³-hybridized carbons (Fsp3) is 0.375. The minimum atomic E-state index is -3.82. The number of anilines is 1. The first-order valence-electron chi connectivity index (χ1n) is 13.8. The van der Waals surface area contributed by atoms with Crippen LogP contribution < -0.4 is 9.62 Å². The zero-order valence-corrected chi connectivity index (χ0v) is 26.0. The molecule has 0 aliphatic heterocycles. The quantitative estimate of drug-likeness (QED) is 0.270. The Labute approximate surface area is 249 Å². The van der Waals surface area contributed by atoms with E-state index >= 15 is 0 Å². The van der Waals surface area contributed by atoms with Crippen LogP contribution in [0.5, 0.6) is 0 Å². The molecule has 0 saturated heterocycles. The number of benzene rings is 3. The lowest BCUT2D eigenvalue weighted by Gasteiger charge is -2.34. The molecule has 3 aromatic rings. The maximum absolute atomic E-state index is 14.1. The molecule has 0 bridgehead atoms. The number of sulfonamides is 1. The molecule has 0 aromatic heterocycles. The van der Waals surface area contributed by atoms with Crippen LogP contribution >= 0.6 is 11.6 Å². The third-order valence-electron chi connectivity index (χ3n) is 7.04. The Balaban J connectivity index is 2.05. The summed E-state index contributed by atoms with van der Waals surface area (Å²) in [5, 5.41) is 3.53. The number of nitrogens with zero attached hydrogens (tertiary/aromatic N) is 2. The lowest BCUT2D eigenvalue weighted by molar-refractivity contribution is -0.140. The van der Waals surface area contributed by atoms with Crippen molar-refractivity contribution in [1.82, 2.24) is 10.2 Å². The van der Waals surface area contributed by atoms with Crippen LogP contribution in [0.25, 0.3) is 0 Å². The van der Waals surface area contributed by atoms with E-state index in [2.05, 4.69) is 19.2 Å². The maximum atomic E-state index is 14.1. The van der Waals surface area contributed by atoms with Crippen molar-refractivity contribution in [2.45, 2.75) is 65.1 Å². The molecule has 7 nitrogen and oxygen atoms in total. The van der Waals surface area contributed by atoms with Gasteiger partial charge in [-0.3, -0.25) is 13.9 Å². The van der Waals surface area contributed by atoms with Crippen LogP contribution in [0, 0.1) is 0 Å². The van der Waals surface area contributed by atoms with Crippen molar-refractivity contribution in [3.8, 4) is 0 Å². The second-order valence-corrected chi connectivity index (χ2v) is 13.0. The molecule has 220 valence electrons. The summed E-state index contributed by atoms with van der Waals surface area (Å²) in [6.45, 7) is 7.61. The Hall–Kier alpha value is -3.36. The van der Waals surface area contributed by atoms with E-state index in [-0.39, 0.29) is 30.8 Å². The minimum Gasteiger partial charge on any atom is -0.352 e. The summed E-state index contributed by atoms with van der Waals surface area (Å²) in [5.74, 6) is -0.525. The van der Waals surface area contributed by atoms with Crippen LogP contribution in [0.3, 0.4) is 0 Å². The van der Waals surface area contributed by atoms with E-state index in [9.17, 15) is 18.0 Å². The van der Waals surface area contributed by atoms with Crippen molar-refractivity contribution in [3.63, 3.8) is 0 Å². The standard InChI is InChI=1S/C32H40ClN3O4S/c1-6-24(4)34-32(38)30(20-25-11-8-7-9-12-25)35(21-26-13-10-14-28(33)19-26)31(37)22-36(41(5,39)40)29-17-15-27(16-18-29)23(2)3/h7-19,23-24,30H,6,20-22H2,1-5H3,(H,34,38)/t24-,30-/m1/s1. The molecular formula is C32H40ClN3O4S. The van der Waals surface area contributed by atoms with Gasteiger partial charge in [-0.05, 0) is 60.2 Å². The molecule has 0 saturated carbocycles. The van der Waals surface area contributed by atoms with Gasteiger partial charge >= 0.3 is 0 Å². The highest BCUT2D eigenvalue weighted by atomic mass is 35.5.